The number of fused-ring (bicyclic) bond motifs is 1. The van der Waals surface area contributed by atoms with Crippen LogP contribution in [0.2, 0.25) is 0 Å². The van der Waals surface area contributed by atoms with Crippen LogP contribution in [0.25, 0.3) is 10.2 Å². The van der Waals surface area contributed by atoms with E-state index in [1.54, 1.807) is 22.8 Å². The minimum atomic E-state index is -3.65. The third-order valence-electron chi connectivity index (χ3n) is 6.50. The Labute approximate surface area is 187 Å². The standard InChI is InChI=1S/C22H31N3O4S2/c1-2-12-25-19-9-8-18(15-20(19)30-22(25)27)31(28,29)24-13-10-16(11-14-24)21(26)23-17-6-4-3-5-7-17/h8-9,15-17H,2-7,10-14H2,1H3,(H,23,26). The number of nitrogens with zero attached hydrogens (tertiary/aromatic N) is 2. The van der Waals surface area contributed by atoms with Crippen molar-refractivity contribution in [3.63, 3.8) is 0 Å². The molecule has 1 aliphatic heterocycles. The van der Waals surface area contributed by atoms with Crippen molar-refractivity contribution in [2.24, 2.45) is 5.92 Å². The third kappa shape index (κ3) is 4.73. The monoisotopic (exact) mass is 465 g/mol. The zero-order chi connectivity index (χ0) is 22.0. The molecule has 1 aliphatic carbocycles. The molecule has 1 amide bonds. The van der Waals surface area contributed by atoms with Gasteiger partial charge in [0.25, 0.3) is 0 Å². The lowest BCUT2D eigenvalue weighted by atomic mass is 9.93. The van der Waals surface area contributed by atoms with E-state index < -0.39 is 10.0 Å². The smallest absolute Gasteiger partial charge is 0.308 e. The van der Waals surface area contributed by atoms with Crippen molar-refractivity contribution < 1.29 is 13.2 Å². The summed E-state index contributed by atoms with van der Waals surface area (Å²) in [7, 11) is -3.65. The summed E-state index contributed by atoms with van der Waals surface area (Å²) in [6.45, 7) is 3.32. The molecule has 4 rings (SSSR count). The molecule has 31 heavy (non-hydrogen) atoms. The fraction of sp³-hybridized carbons (Fsp3) is 0.636. The topological polar surface area (TPSA) is 88.5 Å². The Kier molecular flexibility index (Phi) is 6.83. The van der Waals surface area contributed by atoms with Crippen molar-refractivity contribution in [1.82, 2.24) is 14.2 Å². The van der Waals surface area contributed by atoms with E-state index in [0.717, 1.165) is 36.1 Å². The fourth-order valence-electron chi connectivity index (χ4n) is 4.72. The van der Waals surface area contributed by atoms with E-state index in [4.69, 9.17) is 0 Å². The predicted molar refractivity (Wildman–Crippen MR) is 123 cm³/mol. The van der Waals surface area contributed by atoms with Gasteiger partial charge in [0.15, 0.2) is 0 Å². The Balaban J connectivity index is 1.43. The molecule has 1 aromatic heterocycles. The van der Waals surface area contributed by atoms with Gasteiger partial charge in [-0.1, -0.05) is 37.5 Å². The van der Waals surface area contributed by atoms with E-state index in [1.807, 2.05) is 6.92 Å². The Bertz CT molecular complexity index is 1090. The summed E-state index contributed by atoms with van der Waals surface area (Å²) in [5.74, 6) is -0.0448. The SMILES string of the molecule is CCCn1c(=O)sc2cc(S(=O)(=O)N3CCC(C(=O)NC4CCCCC4)CC3)ccc21. The van der Waals surface area contributed by atoms with Gasteiger partial charge in [0.1, 0.15) is 0 Å². The summed E-state index contributed by atoms with van der Waals surface area (Å²) in [5.41, 5.74) is 0.786. The number of rotatable bonds is 6. The highest BCUT2D eigenvalue weighted by atomic mass is 32.2. The molecule has 170 valence electrons. The highest BCUT2D eigenvalue weighted by molar-refractivity contribution is 7.89. The average Bonchev–Trinajstić information content (AvgIpc) is 3.09. The summed E-state index contributed by atoms with van der Waals surface area (Å²) in [6.07, 6.45) is 7.61. The first-order chi connectivity index (χ1) is 14.9. The summed E-state index contributed by atoms with van der Waals surface area (Å²) in [4.78, 5) is 25.0. The Hall–Kier alpha value is -1.71. The molecular formula is C22H31N3O4S2. The summed E-state index contributed by atoms with van der Waals surface area (Å²) in [5, 5.41) is 3.17. The number of carbonyl (C=O) groups is 1. The number of carbonyl (C=O) groups excluding carboxylic acids is 1. The molecule has 1 saturated heterocycles. The molecule has 2 aromatic rings. The zero-order valence-electron chi connectivity index (χ0n) is 18.0. The molecule has 0 radical (unpaired) electrons. The number of hydrogen-bond donors (Lipinski definition) is 1. The first-order valence-electron chi connectivity index (χ1n) is 11.3. The lowest BCUT2D eigenvalue weighted by molar-refractivity contribution is -0.127. The molecule has 1 aromatic carbocycles. The number of amides is 1. The van der Waals surface area contributed by atoms with Crippen LogP contribution in [0, 0.1) is 5.92 Å². The number of sulfonamides is 1. The number of aryl methyl sites for hydroxylation is 1. The van der Waals surface area contributed by atoms with Crippen LogP contribution in [0.15, 0.2) is 27.9 Å². The number of nitrogens with one attached hydrogen (secondary N) is 1. The van der Waals surface area contributed by atoms with E-state index in [9.17, 15) is 18.0 Å². The molecule has 0 unspecified atom stereocenters. The lowest BCUT2D eigenvalue weighted by Gasteiger charge is -2.32. The molecule has 2 heterocycles. The van der Waals surface area contributed by atoms with Gasteiger partial charge in [0, 0.05) is 31.6 Å². The minimum absolute atomic E-state index is 0.0591. The van der Waals surface area contributed by atoms with Gasteiger partial charge in [-0.3, -0.25) is 14.2 Å². The van der Waals surface area contributed by atoms with Gasteiger partial charge in [-0.25, -0.2) is 8.42 Å². The van der Waals surface area contributed by atoms with Gasteiger partial charge >= 0.3 is 4.87 Å². The summed E-state index contributed by atoms with van der Waals surface area (Å²) < 4.78 is 30.2. The quantitative estimate of drug-likeness (QED) is 0.709. The number of piperidine rings is 1. The zero-order valence-corrected chi connectivity index (χ0v) is 19.6. The molecule has 0 spiro atoms. The van der Waals surface area contributed by atoms with Crippen molar-refractivity contribution in [2.75, 3.05) is 13.1 Å². The molecule has 7 nitrogen and oxygen atoms in total. The van der Waals surface area contributed by atoms with Crippen LogP contribution in [0.4, 0.5) is 0 Å². The summed E-state index contributed by atoms with van der Waals surface area (Å²) in [6, 6.07) is 5.23. The van der Waals surface area contributed by atoms with Gasteiger partial charge in [0.2, 0.25) is 15.9 Å². The second-order valence-corrected chi connectivity index (χ2v) is 11.6. The largest absolute Gasteiger partial charge is 0.353 e. The second kappa shape index (κ2) is 9.42. The van der Waals surface area contributed by atoms with Gasteiger partial charge < -0.3 is 5.32 Å². The first-order valence-corrected chi connectivity index (χ1v) is 13.6. The Morgan fingerprint density at radius 2 is 1.84 bits per heavy atom. The molecular weight excluding hydrogens is 434 g/mol. The van der Waals surface area contributed by atoms with E-state index in [2.05, 4.69) is 5.32 Å². The Morgan fingerprint density at radius 3 is 2.52 bits per heavy atom. The highest BCUT2D eigenvalue weighted by Crippen LogP contribution is 2.28. The fourth-order valence-corrected chi connectivity index (χ4v) is 7.24. The molecule has 1 N–H and O–H groups in total. The van der Waals surface area contributed by atoms with Crippen LogP contribution in [-0.4, -0.2) is 42.3 Å². The van der Waals surface area contributed by atoms with Gasteiger partial charge in [0.05, 0.1) is 15.1 Å². The maximum absolute atomic E-state index is 13.2. The molecule has 0 atom stereocenters. The van der Waals surface area contributed by atoms with E-state index in [0.29, 0.717) is 37.2 Å². The lowest BCUT2D eigenvalue weighted by Crippen LogP contribution is -2.45. The Morgan fingerprint density at radius 1 is 1.13 bits per heavy atom. The number of benzene rings is 1. The summed E-state index contributed by atoms with van der Waals surface area (Å²) >= 11 is 1.09. The van der Waals surface area contributed by atoms with Gasteiger partial charge in [-0.05, 0) is 50.3 Å². The molecule has 9 heteroatoms. The van der Waals surface area contributed by atoms with Crippen molar-refractivity contribution in [3.05, 3.63) is 27.9 Å². The van der Waals surface area contributed by atoms with Crippen LogP contribution >= 0.6 is 11.3 Å². The predicted octanol–water partition coefficient (Wildman–Crippen LogP) is 3.32. The van der Waals surface area contributed by atoms with E-state index in [1.165, 1.54) is 23.6 Å². The van der Waals surface area contributed by atoms with Crippen molar-refractivity contribution in [3.8, 4) is 0 Å². The maximum atomic E-state index is 13.2. The van der Waals surface area contributed by atoms with Crippen LogP contribution in [-0.2, 0) is 21.4 Å². The first kappa shape index (κ1) is 22.5. The van der Waals surface area contributed by atoms with Gasteiger partial charge in [-0.2, -0.15) is 4.31 Å². The van der Waals surface area contributed by atoms with Crippen molar-refractivity contribution >= 4 is 37.5 Å². The maximum Gasteiger partial charge on any atom is 0.308 e. The average molecular weight is 466 g/mol. The van der Waals surface area contributed by atoms with E-state index in [-0.39, 0.29) is 27.6 Å². The van der Waals surface area contributed by atoms with Crippen LogP contribution in [0.1, 0.15) is 58.3 Å². The number of aromatic nitrogens is 1. The van der Waals surface area contributed by atoms with Gasteiger partial charge in [-0.15, -0.1) is 0 Å². The molecule has 0 bridgehead atoms. The van der Waals surface area contributed by atoms with Crippen LogP contribution < -0.4 is 10.2 Å². The van der Waals surface area contributed by atoms with Crippen LogP contribution in [0.3, 0.4) is 0 Å². The molecule has 2 aliphatic rings. The minimum Gasteiger partial charge on any atom is -0.353 e. The van der Waals surface area contributed by atoms with E-state index >= 15 is 0 Å². The van der Waals surface area contributed by atoms with Crippen molar-refractivity contribution in [1.29, 1.82) is 0 Å². The third-order valence-corrected chi connectivity index (χ3v) is 9.34. The highest BCUT2D eigenvalue weighted by Gasteiger charge is 2.33. The van der Waals surface area contributed by atoms with Crippen LogP contribution in [0.5, 0.6) is 0 Å². The molecule has 1 saturated carbocycles. The number of thiazole rings is 1. The molecule has 2 fully saturated rings. The second-order valence-electron chi connectivity index (χ2n) is 8.67. The van der Waals surface area contributed by atoms with Crippen molar-refractivity contribution in [2.45, 2.75) is 75.8 Å². The number of hydrogen-bond acceptors (Lipinski definition) is 5. The normalized spacial score (nSPS) is 19.6.